The predicted molar refractivity (Wildman–Crippen MR) is 72.3 cm³/mol. The molecule has 0 radical (unpaired) electrons. The second-order valence-corrected chi connectivity index (χ2v) is 5.81. The Bertz CT molecular complexity index is 363. The largest absolute Gasteiger partial charge is 0.468 e. The predicted octanol–water partition coefficient (Wildman–Crippen LogP) is 2.49. The topological polar surface area (TPSA) is 28.4 Å². The lowest BCUT2D eigenvalue weighted by Gasteiger charge is -2.50. The first kappa shape index (κ1) is 12.2. The molecule has 4 heterocycles. The Balaban J connectivity index is 1.47. The molecule has 1 N–H and O–H groups in total. The Morgan fingerprint density at radius 3 is 3.11 bits per heavy atom. The van der Waals surface area contributed by atoms with E-state index in [1.165, 1.54) is 32.4 Å². The first-order valence-electron chi connectivity index (χ1n) is 7.34. The van der Waals surface area contributed by atoms with E-state index in [0.717, 1.165) is 36.7 Å². The summed E-state index contributed by atoms with van der Waals surface area (Å²) >= 11 is 0. The quantitative estimate of drug-likeness (QED) is 0.868. The molecule has 3 nitrogen and oxygen atoms in total. The number of hydrogen-bond donors (Lipinski definition) is 1. The highest BCUT2D eigenvalue weighted by Crippen LogP contribution is 2.37. The van der Waals surface area contributed by atoms with Gasteiger partial charge in [0.05, 0.1) is 12.8 Å². The van der Waals surface area contributed by atoms with E-state index in [4.69, 9.17) is 4.42 Å². The van der Waals surface area contributed by atoms with Gasteiger partial charge >= 0.3 is 0 Å². The summed E-state index contributed by atoms with van der Waals surface area (Å²) in [6.45, 7) is 6.95. The van der Waals surface area contributed by atoms with Crippen molar-refractivity contribution in [1.82, 2.24) is 10.2 Å². The van der Waals surface area contributed by atoms with Crippen molar-refractivity contribution in [3.05, 3.63) is 24.2 Å². The van der Waals surface area contributed by atoms with Gasteiger partial charge in [0, 0.05) is 19.1 Å². The minimum Gasteiger partial charge on any atom is -0.468 e. The lowest BCUT2D eigenvalue weighted by molar-refractivity contribution is 0.000205. The van der Waals surface area contributed by atoms with E-state index in [0.29, 0.717) is 0 Å². The fourth-order valence-corrected chi connectivity index (χ4v) is 3.70. The Labute approximate surface area is 110 Å². The highest BCUT2D eigenvalue weighted by atomic mass is 16.3. The van der Waals surface area contributed by atoms with Gasteiger partial charge in [0.15, 0.2) is 0 Å². The number of fused-ring (bicyclic) bond motifs is 3. The van der Waals surface area contributed by atoms with Crippen LogP contribution in [0.15, 0.2) is 22.8 Å². The molecular formula is C15H24N2O. The van der Waals surface area contributed by atoms with Gasteiger partial charge < -0.3 is 9.73 Å². The SMILES string of the molecule is CCC1CN2CCC1CC2CNCc1ccco1. The average molecular weight is 248 g/mol. The molecule has 0 aliphatic carbocycles. The Kier molecular flexibility index (Phi) is 3.71. The zero-order valence-electron chi connectivity index (χ0n) is 11.3. The van der Waals surface area contributed by atoms with Crippen molar-refractivity contribution in [3.63, 3.8) is 0 Å². The van der Waals surface area contributed by atoms with Crippen LogP contribution < -0.4 is 5.32 Å². The highest BCUT2D eigenvalue weighted by molar-refractivity contribution is 4.98. The van der Waals surface area contributed by atoms with Gasteiger partial charge in [-0.1, -0.05) is 13.3 Å². The number of nitrogens with zero attached hydrogens (tertiary/aromatic N) is 1. The Morgan fingerprint density at radius 1 is 1.50 bits per heavy atom. The molecule has 1 aromatic heterocycles. The van der Waals surface area contributed by atoms with Gasteiger partial charge in [-0.2, -0.15) is 0 Å². The fourth-order valence-electron chi connectivity index (χ4n) is 3.70. The molecule has 0 saturated carbocycles. The lowest BCUT2D eigenvalue weighted by Crippen LogP contribution is -2.56. The minimum absolute atomic E-state index is 0.751. The molecule has 4 rings (SSSR count). The molecule has 18 heavy (non-hydrogen) atoms. The first-order chi connectivity index (χ1) is 8.86. The number of nitrogens with one attached hydrogen (secondary N) is 1. The Morgan fingerprint density at radius 2 is 2.44 bits per heavy atom. The second kappa shape index (κ2) is 5.45. The summed E-state index contributed by atoms with van der Waals surface area (Å²) in [4.78, 5) is 2.70. The fraction of sp³-hybridized carbons (Fsp3) is 0.733. The molecular weight excluding hydrogens is 224 g/mol. The Hall–Kier alpha value is -0.800. The van der Waals surface area contributed by atoms with Gasteiger partial charge in [0.1, 0.15) is 5.76 Å². The van der Waals surface area contributed by atoms with Crippen molar-refractivity contribution in [2.75, 3.05) is 19.6 Å². The van der Waals surface area contributed by atoms with Crippen LogP contribution in [0.2, 0.25) is 0 Å². The monoisotopic (exact) mass is 248 g/mol. The molecule has 100 valence electrons. The summed E-state index contributed by atoms with van der Waals surface area (Å²) in [6, 6.07) is 4.74. The summed E-state index contributed by atoms with van der Waals surface area (Å²) in [7, 11) is 0. The molecule has 1 aromatic rings. The maximum Gasteiger partial charge on any atom is 0.117 e. The molecule has 0 amide bonds. The summed E-state index contributed by atoms with van der Waals surface area (Å²) in [5, 5.41) is 3.54. The third-order valence-corrected chi connectivity index (χ3v) is 4.80. The average Bonchev–Trinajstić information content (AvgIpc) is 2.92. The van der Waals surface area contributed by atoms with Crippen molar-refractivity contribution in [1.29, 1.82) is 0 Å². The third kappa shape index (κ3) is 2.47. The second-order valence-electron chi connectivity index (χ2n) is 5.81. The maximum absolute atomic E-state index is 5.34. The third-order valence-electron chi connectivity index (χ3n) is 4.80. The van der Waals surface area contributed by atoms with Crippen LogP contribution in [0.5, 0.6) is 0 Å². The minimum atomic E-state index is 0.751. The molecule has 2 bridgehead atoms. The lowest BCUT2D eigenvalue weighted by atomic mass is 9.74. The van der Waals surface area contributed by atoms with Crippen molar-refractivity contribution in [2.45, 2.75) is 38.8 Å². The summed E-state index contributed by atoms with van der Waals surface area (Å²) in [6.07, 6.45) is 5.92. The standard InChI is InChI=1S/C15H24N2O/c1-2-12-11-17-6-5-13(12)8-14(17)9-16-10-15-4-3-7-18-15/h3-4,7,12-14,16H,2,5-6,8-11H2,1H3. The van der Waals surface area contributed by atoms with Crippen LogP contribution in [0.25, 0.3) is 0 Å². The zero-order valence-corrected chi connectivity index (χ0v) is 11.3. The van der Waals surface area contributed by atoms with Gasteiger partial charge in [-0.05, 0) is 43.4 Å². The summed E-state index contributed by atoms with van der Waals surface area (Å²) < 4.78 is 5.34. The van der Waals surface area contributed by atoms with E-state index in [1.807, 2.05) is 12.1 Å². The molecule has 0 spiro atoms. The van der Waals surface area contributed by atoms with E-state index in [-0.39, 0.29) is 0 Å². The van der Waals surface area contributed by atoms with Gasteiger partial charge in [0.2, 0.25) is 0 Å². The van der Waals surface area contributed by atoms with Crippen molar-refractivity contribution in [3.8, 4) is 0 Å². The molecule has 4 unspecified atom stereocenters. The van der Waals surface area contributed by atoms with Crippen molar-refractivity contribution < 1.29 is 4.42 Å². The first-order valence-corrected chi connectivity index (χ1v) is 7.34. The van der Waals surface area contributed by atoms with Crippen molar-refractivity contribution in [2.24, 2.45) is 11.8 Å². The molecule has 0 aromatic carbocycles. The van der Waals surface area contributed by atoms with Crippen LogP contribution in [0.4, 0.5) is 0 Å². The number of rotatable bonds is 5. The molecule has 3 heteroatoms. The van der Waals surface area contributed by atoms with E-state index >= 15 is 0 Å². The molecule has 3 aliphatic heterocycles. The number of hydrogen-bond acceptors (Lipinski definition) is 3. The smallest absolute Gasteiger partial charge is 0.117 e. The summed E-state index contributed by atoms with van der Waals surface area (Å²) in [5.41, 5.74) is 0. The van der Waals surface area contributed by atoms with E-state index in [9.17, 15) is 0 Å². The van der Waals surface area contributed by atoms with Gasteiger partial charge in [0.25, 0.3) is 0 Å². The van der Waals surface area contributed by atoms with E-state index < -0.39 is 0 Å². The molecule has 3 aliphatic rings. The van der Waals surface area contributed by atoms with Crippen LogP contribution in [0.3, 0.4) is 0 Å². The van der Waals surface area contributed by atoms with Gasteiger partial charge in [-0.15, -0.1) is 0 Å². The van der Waals surface area contributed by atoms with Crippen LogP contribution >= 0.6 is 0 Å². The maximum atomic E-state index is 5.34. The van der Waals surface area contributed by atoms with E-state index in [1.54, 1.807) is 6.26 Å². The van der Waals surface area contributed by atoms with Crippen LogP contribution in [-0.2, 0) is 6.54 Å². The van der Waals surface area contributed by atoms with Crippen molar-refractivity contribution >= 4 is 0 Å². The van der Waals surface area contributed by atoms with E-state index in [2.05, 4.69) is 17.1 Å². The van der Waals surface area contributed by atoms with Crippen LogP contribution in [-0.4, -0.2) is 30.6 Å². The highest BCUT2D eigenvalue weighted by Gasteiger charge is 2.38. The zero-order chi connectivity index (χ0) is 12.4. The molecule has 3 fully saturated rings. The molecule has 4 atom stereocenters. The van der Waals surface area contributed by atoms with Gasteiger partial charge in [-0.3, -0.25) is 4.90 Å². The van der Waals surface area contributed by atoms with Crippen LogP contribution in [0, 0.1) is 11.8 Å². The van der Waals surface area contributed by atoms with Crippen LogP contribution in [0.1, 0.15) is 31.9 Å². The number of furan rings is 1. The summed E-state index contributed by atoms with van der Waals surface area (Å²) in [5.74, 6) is 2.98. The number of piperidine rings is 3. The molecule has 3 saturated heterocycles. The normalized spacial score (nSPS) is 34.9. The van der Waals surface area contributed by atoms with Gasteiger partial charge in [-0.25, -0.2) is 0 Å².